The molecular formula is C19H30BN3O5. The number of hydrogen-bond acceptors (Lipinski definition) is 7. The number of ether oxygens (including phenoxy) is 1. The van der Waals surface area contributed by atoms with Crippen molar-refractivity contribution in [3.05, 3.63) is 23.3 Å². The van der Waals surface area contributed by atoms with Crippen molar-refractivity contribution in [1.29, 1.82) is 0 Å². The van der Waals surface area contributed by atoms with E-state index < -0.39 is 30.0 Å². The molecule has 0 aliphatic carbocycles. The van der Waals surface area contributed by atoms with Crippen LogP contribution in [0.3, 0.4) is 0 Å². The quantitative estimate of drug-likeness (QED) is 0.676. The van der Waals surface area contributed by atoms with Gasteiger partial charge < -0.3 is 30.2 Å². The number of nitrogen functional groups attached to an aromatic ring is 1. The average Bonchev–Trinajstić information content (AvgIpc) is 2.73. The fourth-order valence-electron chi connectivity index (χ4n) is 2.46. The summed E-state index contributed by atoms with van der Waals surface area (Å²) in [6.45, 7) is 13.3. The highest BCUT2D eigenvalue weighted by Gasteiger charge is 2.52. The zero-order valence-corrected chi connectivity index (χ0v) is 17.6. The third-order valence-electron chi connectivity index (χ3n) is 4.66. The molecule has 9 heteroatoms. The number of hydrogen-bond donors (Lipinski definition) is 3. The van der Waals surface area contributed by atoms with Gasteiger partial charge in [0.15, 0.2) is 11.6 Å². The second-order valence-electron chi connectivity index (χ2n) is 8.84. The maximum atomic E-state index is 12.1. The van der Waals surface area contributed by atoms with Crippen molar-refractivity contribution in [3.8, 4) is 5.75 Å². The van der Waals surface area contributed by atoms with E-state index in [1.54, 1.807) is 26.8 Å². The summed E-state index contributed by atoms with van der Waals surface area (Å²) < 4.78 is 17.5. The SMILES string of the molecule is CC(C)(C)OC(=O)NCC(=Cc1cnc(N)c(O)c1)B1OC(C)(C)C(C)(C)O1. The molecule has 0 radical (unpaired) electrons. The van der Waals surface area contributed by atoms with E-state index in [2.05, 4.69) is 10.3 Å². The number of nitrogens with two attached hydrogens (primary N) is 1. The molecular weight excluding hydrogens is 361 g/mol. The molecule has 28 heavy (non-hydrogen) atoms. The summed E-state index contributed by atoms with van der Waals surface area (Å²) in [5.41, 5.74) is 5.13. The van der Waals surface area contributed by atoms with Crippen molar-refractivity contribution in [2.45, 2.75) is 65.3 Å². The van der Waals surface area contributed by atoms with E-state index in [0.29, 0.717) is 11.0 Å². The van der Waals surface area contributed by atoms with Crippen LogP contribution < -0.4 is 11.1 Å². The van der Waals surface area contributed by atoms with E-state index in [4.69, 9.17) is 19.8 Å². The number of anilines is 1. The van der Waals surface area contributed by atoms with E-state index in [1.165, 1.54) is 12.3 Å². The average molecular weight is 391 g/mol. The molecule has 4 N–H and O–H groups in total. The van der Waals surface area contributed by atoms with Crippen LogP contribution in [0.15, 0.2) is 17.7 Å². The highest BCUT2D eigenvalue weighted by atomic mass is 16.7. The van der Waals surface area contributed by atoms with Gasteiger partial charge in [0.2, 0.25) is 0 Å². The first kappa shape index (κ1) is 22.0. The first-order valence-corrected chi connectivity index (χ1v) is 9.18. The molecule has 0 aromatic carbocycles. The Morgan fingerprint density at radius 1 is 1.32 bits per heavy atom. The second-order valence-corrected chi connectivity index (χ2v) is 8.84. The molecule has 1 aliphatic heterocycles. The molecule has 1 aromatic rings. The molecule has 0 saturated carbocycles. The van der Waals surface area contributed by atoms with Crippen LogP contribution in [0.25, 0.3) is 6.08 Å². The van der Waals surface area contributed by atoms with Crippen LogP contribution in [-0.4, -0.2) is 46.7 Å². The number of nitrogens with zero attached hydrogens (tertiary/aromatic N) is 1. The highest BCUT2D eigenvalue weighted by molar-refractivity contribution is 6.56. The fourth-order valence-corrected chi connectivity index (χ4v) is 2.46. The number of amides is 1. The van der Waals surface area contributed by atoms with Gasteiger partial charge in [0.25, 0.3) is 0 Å². The van der Waals surface area contributed by atoms with Gasteiger partial charge in [-0.2, -0.15) is 0 Å². The van der Waals surface area contributed by atoms with Gasteiger partial charge in [0.05, 0.1) is 11.2 Å². The van der Waals surface area contributed by atoms with E-state index in [0.717, 1.165) is 0 Å². The molecule has 0 spiro atoms. The van der Waals surface area contributed by atoms with Crippen LogP contribution in [0.5, 0.6) is 5.75 Å². The summed E-state index contributed by atoms with van der Waals surface area (Å²) in [5, 5.41) is 12.5. The summed E-state index contributed by atoms with van der Waals surface area (Å²) in [6.07, 6.45) is 2.72. The van der Waals surface area contributed by atoms with Crippen molar-refractivity contribution < 1.29 is 23.9 Å². The topological polar surface area (TPSA) is 116 Å². The summed E-state index contributed by atoms with van der Waals surface area (Å²) in [6, 6.07) is 1.49. The number of nitrogens with one attached hydrogen (secondary N) is 1. The van der Waals surface area contributed by atoms with Crippen molar-refractivity contribution in [1.82, 2.24) is 10.3 Å². The van der Waals surface area contributed by atoms with Crippen LogP contribution in [0.1, 0.15) is 54.0 Å². The summed E-state index contributed by atoms with van der Waals surface area (Å²) in [7, 11) is -0.681. The van der Waals surface area contributed by atoms with Crippen LogP contribution in [0.4, 0.5) is 10.6 Å². The number of alkyl carbamates (subject to hydrolysis) is 1. The Kier molecular flexibility index (Phi) is 6.01. The van der Waals surface area contributed by atoms with Gasteiger partial charge in [-0.25, -0.2) is 9.78 Å². The molecule has 1 aromatic heterocycles. The lowest BCUT2D eigenvalue weighted by Gasteiger charge is -2.32. The Bertz CT molecular complexity index is 755. The van der Waals surface area contributed by atoms with Crippen molar-refractivity contribution in [2.75, 3.05) is 12.3 Å². The van der Waals surface area contributed by atoms with E-state index in [9.17, 15) is 9.90 Å². The molecule has 1 fully saturated rings. The smallest absolute Gasteiger partial charge is 0.492 e. The molecule has 1 saturated heterocycles. The standard InChI is InChI=1S/C19H30BN3O5/c1-17(2,3)26-16(25)23-11-13(8-12-9-14(24)15(21)22-10-12)20-27-18(4,5)19(6,7)28-20/h8-10,24H,11H2,1-7H3,(H2,21,22)(H,23,25). The lowest BCUT2D eigenvalue weighted by Crippen LogP contribution is -2.41. The lowest BCUT2D eigenvalue weighted by molar-refractivity contribution is 0.00578. The second kappa shape index (κ2) is 7.64. The van der Waals surface area contributed by atoms with Crippen LogP contribution in [-0.2, 0) is 14.0 Å². The Hall–Kier alpha value is -2.26. The Morgan fingerprint density at radius 3 is 2.39 bits per heavy atom. The Balaban J connectivity index is 2.27. The number of aromatic nitrogens is 1. The van der Waals surface area contributed by atoms with Gasteiger partial charge in [-0.05, 0) is 65.6 Å². The minimum absolute atomic E-state index is 0.0428. The molecule has 0 atom stereocenters. The molecule has 0 bridgehead atoms. The zero-order chi connectivity index (χ0) is 21.3. The van der Waals surface area contributed by atoms with Crippen molar-refractivity contribution >= 4 is 25.1 Å². The van der Waals surface area contributed by atoms with E-state index in [1.807, 2.05) is 27.7 Å². The molecule has 2 rings (SSSR count). The van der Waals surface area contributed by atoms with Gasteiger partial charge in [-0.3, -0.25) is 0 Å². The molecule has 0 unspecified atom stereocenters. The third kappa shape index (κ3) is 5.39. The lowest BCUT2D eigenvalue weighted by atomic mass is 9.77. The molecule has 8 nitrogen and oxygen atoms in total. The Morgan fingerprint density at radius 2 is 1.89 bits per heavy atom. The number of aromatic hydroxyl groups is 1. The zero-order valence-electron chi connectivity index (χ0n) is 17.6. The Labute approximate surface area is 166 Å². The van der Waals surface area contributed by atoms with Gasteiger partial charge in [-0.1, -0.05) is 6.08 Å². The number of pyridine rings is 1. The number of carbonyl (C=O) groups excluding carboxylic acids is 1. The molecule has 1 amide bonds. The van der Waals surface area contributed by atoms with Crippen molar-refractivity contribution in [3.63, 3.8) is 0 Å². The monoisotopic (exact) mass is 391 g/mol. The van der Waals surface area contributed by atoms with E-state index in [-0.39, 0.29) is 18.1 Å². The summed E-state index contributed by atoms with van der Waals surface area (Å²) in [4.78, 5) is 16.0. The first-order valence-electron chi connectivity index (χ1n) is 9.18. The van der Waals surface area contributed by atoms with Gasteiger partial charge >= 0.3 is 13.2 Å². The van der Waals surface area contributed by atoms with Crippen LogP contribution >= 0.6 is 0 Å². The predicted octanol–water partition coefficient (Wildman–Crippen LogP) is 2.91. The first-order chi connectivity index (χ1) is 12.7. The van der Waals surface area contributed by atoms with Crippen LogP contribution in [0.2, 0.25) is 0 Å². The normalized spacial score (nSPS) is 18.8. The van der Waals surface area contributed by atoms with Gasteiger partial charge in [0, 0.05) is 12.7 Å². The minimum atomic E-state index is -0.681. The molecule has 154 valence electrons. The van der Waals surface area contributed by atoms with Crippen LogP contribution in [0, 0.1) is 0 Å². The van der Waals surface area contributed by atoms with Gasteiger partial charge in [0.1, 0.15) is 5.60 Å². The largest absolute Gasteiger partial charge is 0.504 e. The highest BCUT2D eigenvalue weighted by Crippen LogP contribution is 2.38. The fraction of sp³-hybridized carbons (Fsp3) is 0.579. The number of carbonyl (C=O) groups is 1. The molecule has 2 heterocycles. The van der Waals surface area contributed by atoms with Gasteiger partial charge in [-0.15, -0.1) is 0 Å². The summed E-state index contributed by atoms with van der Waals surface area (Å²) in [5.74, 6) is -0.0802. The minimum Gasteiger partial charge on any atom is -0.504 e. The predicted molar refractivity (Wildman–Crippen MR) is 109 cm³/mol. The molecule has 1 aliphatic rings. The summed E-state index contributed by atoms with van der Waals surface area (Å²) >= 11 is 0. The van der Waals surface area contributed by atoms with E-state index >= 15 is 0 Å². The maximum Gasteiger partial charge on any atom is 0.492 e. The number of rotatable bonds is 4. The van der Waals surface area contributed by atoms with Crippen molar-refractivity contribution in [2.24, 2.45) is 0 Å². The maximum absolute atomic E-state index is 12.1. The third-order valence-corrected chi connectivity index (χ3v) is 4.66.